The van der Waals surface area contributed by atoms with E-state index < -0.39 is 6.10 Å². The van der Waals surface area contributed by atoms with E-state index in [1.807, 2.05) is 0 Å². The average Bonchev–Trinajstić information content (AvgIpc) is 2.48. The van der Waals surface area contributed by atoms with Crippen molar-refractivity contribution in [2.24, 2.45) is 0 Å². The zero-order valence-corrected chi connectivity index (χ0v) is 14.0. The van der Waals surface area contributed by atoms with Crippen LogP contribution in [0, 0.1) is 13.8 Å². The van der Waals surface area contributed by atoms with E-state index in [4.69, 9.17) is 14.2 Å². The van der Waals surface area contributed by atoms with Gasteiger partial charge in [-0.05, 0) is 43.9 Å². The summed E-state index contributed by atoms with van der Waals surface area (Å²) >= 11 is 0. The molecule has 0 amide bonds. The van der Waals surface area contributed by atoms with E-state index in [0.29, 0.717) is 13.2 Å². The molecule has 0 saturated carbocycles. The fourth-order valence-electron chi connectivity index (χ4n) is 2.82. The number of benzene rings is 1. The van der Waals surface area contributed by atoms with Crippen LogP contribution in [-0.2, 0) is 20.8 Å². The summed E-state index contributed by atoms with van der Waals surface area (Å²) < 4.78 is 17.6. The average molecular weight is 308 g/mol. The Morgan fingerprint density at radius 1 is 1.32 bits per heavy atom. The standard InChI is InChI=1S/C18H28O4/c1-5-7-17-21-11-16(18(22-17)14(4)19)20-10-15-12(2)8-6-9-13(15)3/h6,8-9,14,16-19H,5,7,10-11H2,1-4H3/t14?,16-,17+,18-/m1/s1. The molecule has 2 rings (SSSR count). The van der Waals surface area contributed by atoms with Gasteiger partial charge < -0.3 is 19.3 Å². The molecule has 0 aliphatic carbocycles. The van der Waals surface area contributed by atoms with Crippen molar-refractivity contribution in [3.63, 3.8) is 0 Å². The monoisotopic (exact) mass is 308 g/mol. The van der Waals surface area contributed by atoms with Gasteiger partial charge in [0.1, 0.15) is 12.2 Å². The highest BCUT2D eigenvalue weighted by molar-refractivity contribution is 5.32. The van der Waals surface area contributed by atoms with E-state index in [0.717, 1.165) is 12.8 Å². The van der Waals surface area contributed by atoms with Crippen molar-refractivity contribution in [1.29, 1.82) is 0 Å². The first-order chi connectivity index (χ1) is 10.5. The lowest BCUT2D eigenvalue weighted by atomic mass is 10.0. The molecule has 124 valence electrons. The predicted octanol–water partition coefficient (Wildman–Crippen LogP) is 3.11. The van der Waals surface area contributed by atoms with Gasteiger partial charge in [0.05, 0.1) is 19.3 Å². The van der Waals surface area contributed by atoms with E-state index in [-0.39, 0.29) is 18.5 Å². The predicted molar refractivity (Wildman–Crippen MR) is 85.7 cm³/mol. The molecule has 1 fully saturated rings. The van der Waals surface area contributed by atoms with Gasteiger partial charge in [-0.2, -0.15) is 0 Å². The lowest BCUT2D eigenvalue weighted by molar-refractivity contribution is -0.281. The molecule has 1 aliphatic rings. The Morgan fingerprint density at radius 2 is 2.00 bits per heavy atom. The Balaban J connectivity index is 1.99. The first-order valence-electron chi connectivity index (χ1n) is 8.14. The largest absolute Gasteiger partial charge is 0.391 e. The zero-order chi connectivity index (χ0) is 16.1. The molecule has 0 spiro atoms. The normalized spacial score (nSPS) is 26.9. The van der Waals surface area contributed by atoms with E-state index in [2.05, 4.69) is 39.0 Å². The van der Waals surface area contributed by atoms with E-state index in [1.54, 1.807) is 6.92 Å². The minimum Gasteiger partial charge on any atom is -0.391 e. The number of hydrogen-bond donors (Lipinski definition) is 1. The second-order valence-corrected chi connectivity index (χ2v) is 6.11. The van der Waals surface area contributed by atoms with Crippen molar-refractivity contribution >= 4 is 0 Å². The number of aryl methyl sites for hydroxylation is 2. The fourth-order valence-corrected chi connectivity index (χ4v) is 2.82. The zero-order valence-electron chi connectivity index (χ0n) is 14.0. The van der Waals surface area contributed by atoms with Crippen LogP contribution >= 0.6 is 0 Å². The topological polar surface area (TPSA) is 47.9 Å². The van der Waals surface area contributed by atoms with Crippen LogP contribution in [0.2, 0.25) is 0 Å². The molecule has 1 aromatic carbocycles. The van der Waals surface area contributed by atoms with Crippen molar-refractivity contribution in [3.8, 4) is 0 Å². The molecule has 1 N–H and O–H groups in total. The third-order valence-corrected chi connectivity index (χ3v) is 4.21. The van der Waals surface area contributed by atoms with Crippen LogP contribution in [0.3, 0.4) is 0 Å². The highest BCUT2D eigenvalue weighted by Gasteiger charge is 2.35. The lowest BCUT2D eigenvalue weighted by Crippen LogP contribution is -2.50. The Bertz CT molecular complexity index is 452. The molecule has 4 heteroatoms. The lowest BCUT2D eigenvalue weighted by Gasteiger charge is -2.38. The van der Waals surface area contributed by atoms with Gasteiger partial charge in [-0.1, -0.05) is 31.5 Å². The van der Waals surface area contributed by atoms with Gasteiger partial charge in [0.2, 0.25) is 0 Å². The van der Waals surface area contributed by atoms with Crippen molar-refractivity contribution in [3.05, 3.63) is 34.9 Å². The summed E-state index contributed by atoms with van der Waals surface area (Å²) in [6.07, 6.45) is 0.440. The van der Waals surface area contributed by atoms with Gasteiger partial charge in [-0.3, -0.25) is 0 Å². The van der Waals surface area contributed by atoms with Crippen molar-refractivity contribution in [2.75, 3.05) is 6.61 Å². The van der Waals surface area contributed by atoms with E-state index >= 15 is 0 Å². The first kappa shape index (κ1) is 17.4. The van der Waals surface area contributed by atoms with Gasteiger partial charge in [0.25, 0.3) is 0 Å². The van der Waals surface area contributed by atoms with Gasteiger partial charge in [0, 0.05) is 0 Å². The molecule has 0 radical (unpaired) electrons. The highest BCUT2D eigenvalue weighted by atomic mass is 16.7. The Labute approximate surface area is 133 Å². The van der Waals surface area contributed by atoms with Crippen molar-refractivity contribution in [2.45, 2.75) is 71.7 Å². The minimum absolute atomic E-state index is 0.232. The minimum atomic E-state index is -0.578. The number of ether oxygens (including phenoxy) is 3. The molecule has 1 unspecified atom stereocenters. The third-order valence-electron chi connectivity index (χ3n) is 4.21. The van der Waals surface area contributed by atoms with E-state index in [9.17, 15) is 5.11 Å². The SMILES string of the molecule is CCC[C@H]1OC[C@@H](OCc2c(C)cccc2C)[C@@H](C(C)O)O1. The maximum absolute atomic E-state index is 9.98. The van der Waals surface area contributed by atoms with Crippen molar-refractivity contribution in [1.82, 2.24) is 0 Å². The maximum atomic E-state index is 9.98. The molecule has 4 nitrogen and oxygen atoms in total. The molecular formula is C18H28O4. The molecular weight excluding hydrogens is 280 g/mol. The molecule has 1 saturated heterocycles. The Kier molecular flexibility index (Phi) is 6.38. The van der Waals surface area contributed by atoms with Gasteiger partial charge >= 0.3 is 0 Å². The van der Waals surface area contributed by atoms with Crippen LogP contribution in [0.25, 0.3) is 0 Å². The third kappa shape index (κ3) is 4.29. The van der Waals surface area contributed by atoms with E-state index in [1.165, 1.54) is 16.7 Å². The van der Waals surface area contributed by atoms with Crippen LogP contribution in [0.1, 0.15) is 43.4 Å². The number of aliphatic hydroxyl groups is 1. The maximum Gasteiger partial charge on any atom is 0.158 e. The summed E-state index contributed by atoms with van der Waals surface area (Å²) in [5.41, 5.74) is 3.63. The molecule has 1 aromatic rings. The van der Waals surface area contributed by atoms with Crippen LogP contribution in [-0.4, -0.2) is 36.3 Å². The number of aliphatic hydroxyl groups excluding tert-OH is 1. The summed E-state index contributed by atoms with van der Waals surface area (Å²) in [4.78, 5) is 0. The molecule has 0 aromatic heterocycles. The molecule has 1 heterocycles. The van der Waals surface area contributed by atoms with Gasteiger partial charge in [-0.15, -0.1) is 0 Å². The van der Waals surface area contributed by atoms with Crippen molar-refractivity contribution < 1.29 is 19.3 Å². The highest BCUT2D eigenvalue weighted by Crippen LogP contribution is 2.23. The summed E-state index contributed by atoms with van der Waals surface area (Å²) in [5, 5.41) is 9.98. The summed E-state index contributed by atoms with van der Waals surface area (Å²) in [5.74, 6) is 0. The van der Waals surface area contributed by atoms with Crippen LogP contribution in [0.4, 0.5) is 0 Å². The van der Waals surface area contributed by atoms with Crippen LogP contribution in [0.15, 0.2) is 18.2 Å². The molecule has 0 bridgehead atoms. The second kappa shape index (κ2) is 8.06. The Morgan fingerprint density at radius 3 is 2.59 bits per heavy atom. The van der Waals surface area contributed by atoms with Crippen LogP contribution in [0.5, 0.6) is 0 Å². The number of rotatable bonds is 6. The quantitative estimate of drug-likeness (QED) is 0.877. The molecule has 4 atom stereocenters. The first-order valence-corrected chi connectivity index (χ1v) is 8.14. The summed E-state index contributed by atoms with van der Waals surface area (Å²) in [7, 11) is 0. The summed E-state index contributed by atoms with van der Waals surface area (Å²) in [6, 6.07) is 6.22. The summed E-state index contributed by atoms with van der Waals surface area (Å²) in [6.45, 7) is 8.98. The smallest absolute Gasteiger partial charge is 0.158 e. The molecule has 22 heavy (non-hydrogen) atoms. The second-order valence-electron chi connectivity index (χ2n) is 6.11. The van der Waals surface area contributed by atoms with Gasteiger partial charge in [-0.25, -0.2) is 0 Å². The van der Waals surface area contributed by atoms with Gasteiger partial charge in [0.15, 0.2) is 6.29 Å². The Hall–Kier alpha value is -0.940. The number of hydrogen-bond acceptors (Lipinski definition) is 4. The van der Waals surface area contributed by atoms with Crippen LogP contribution < -0.4 is 0 Å². The molecule has 1 aliphatic heterocycles. The fraction of sp³-hybridized carbons (Fsp3) is 0.667.